The number of thiazole rings is 1. The second-order valence-corrected chi connectivity index (χ2v) is 11.7. The molecule has 220 valence electrons. The van der Waals surface area contributed by atoms with Crippen molar-refractivity contribution < 1.29 is 28.9 Å². The average molecular weight is 605 g/mol. The molecular weight excluding hydrogens is 576 g/mol. The van der Waals surface area contributed by atoms with Crippen molar-refractivity contribution in [3.8, 4) is 23.0 Å². The van der Waals surface area contributed by atoms with Gasteiger partial charge in [0.25, 0.3) is 5.78 Å². The highest BCUT2D eigenvalue weighted by molar-refractivity contribution is 7.22. The molecule has 4 aromatic carbocycles. The number of anilines is 1. The first-order valence-electron chi connectivity index (χ1n) is 14.4. The number of Topliss-reactive ketones (excluding diaryl/α,β-unsaturated/α-hetero) is 1. The van der Waals surface area contributed by atoms with Crippen LogP contribution in [0.1, 0.15) is 36.6 Å². The van der Waals surface area contributed by atoms with Crippen LogP contribution in [0.15, 0.2) is 96.6 Å². The topological polar surface area (TPSA) is 98.2 Å². The number of hydrogen-bond donors (Lipinski definition) is 1. The minimum absolute atomic E-state index is 0.0163. The Morgan fingerprint density at radius 3 is 2.61 bits per heavy atom. The Kier molecular flexibility index (Phi) is 7.02. The van der Waals surface area contributed by atoms with Crippen molar-refractivity contribution in [3.63, 3.8) is 0 Å². The van der Waals surface area contributed by atoms with Crippen molar-refractivity contribution in [1.29, 1.82) is 0 Å². The fraction of sp³-hybridized carbons (Fsp3) is 0.171. The third kappa shape index (κ3) is 4.95. The number of rotatable bonds is 7. The molecule has 0 aliphatic carbocycles. The number of aliphatic hydroxyl groups is 1. The molecule has 44 heavy (non-hydrogen) atoms. The van der Waals surface area contributed by atoms with Crippen LogP contribution in [-0.4, -0.2) is 34.5 Å². The van der Waals surface area contributed by atoms with Crippen molar-refractivity contribution in [3.05, 3.63) is 113 Å². The third-order valence-electron chi connectivity index (χ3n) is 7.63. The van der Waals surface area contributed by atoms with E-state index < -0.39 is 17.7 Å². The average Bonchev–Trinajstić information content (AvgIpc) is 3.69. The third-order valence-corrected chi connectivity index (χ3v) is 8.65. The quantitative estimate of drug-likeness (QED) is 0.117. The fourth-order valence-corrected chi connectivity index (χ4v) is 6.72. The van der Waals surface area contributed by atoms with Gasteiger partial charge in [-0.05, 0) is 85.6 Å². The molecule has 0 unspecified atom stereocenters. The van der Waals surface area contributed by atoms with Gasteiger partial charge in [-0.3, -0.25) is 14.5 Å². The minimum atomic E-state index is -0.954. The van der Waals surface area contributed by atoms with Gasteiger partial charge in [0.05, 0.1) is 28.4 Å². The van der Waals surface area contributed by atoms with Crippen LogP contribution in [-0.2, 0) is 16.0 Å². The van der Waals surface area contributed by atoms with E-state index in [4.69, 9.17) is 19.2 Å². The van der Waals surface area contributed by atoms with Crippen LogP contribution in [0.25, 0.3) is 16.0 Å². The second-order valence-electron chi connectivity index (χ2n) is 10.7. The van der Waals surface area contributed by atoms with Crippen LogP contribution in [0.4, 0.5) is 5.13 Å². The lowest BCUT2D eigenvalue weighted by atomic mass is 9.94. The molecule has 1 N–H and O–H groups in total. The molecule has 1 saturated heterocycles. The molecule has 1 aromatic heterocycles. The number of amides is 1. The molecule has 5 aromatic rings. The van der Waals surface area contributed by atoms with Crippen LogP contribution in [0.2, 0.25) is 0 Å². The standard InChI is InChI=1S/C35H28N2O6S/c1-3-41-25-13-14-27-29(19-25)44-35(36-27)37-31(21-8-7-11-26(18-21)43-24-9-5-4-6-10-24)30(33(39)34(37)40)32(38)22-12-15-28-23(17-22)16-20(2)42-28/h4-15,17-20,31,38H,3,16H2,1-2H3/t20-,31-/m0/s1. The van der Waals surface area contributed by atoms with Crippen LogP contribution in [0.3, 0.4) is 0 Å². The van der Waals surface area contributed by atoms with E-state index in [1.54, 1.807) is 30.3 Å². The lowest BCUT2D eigenvalue weighted by Gasteiger charge is -2.23. The summed E-state index contributed by atoms with van der Waals surface area (Å²) in [5.41, 5.74) is 2.61. The van der Waals surface area contributed by atoms with Crippen molar-refractivity contribution in [2.24, 2.45) is 0 Å². The van der Waals surface area contributed by atoms with Gasteiger partial charge < -0.3 is 19.3 Å². The van der Waals surface area contributed by atoms with E-state index in [-0.39, 0.29) is 17.4 Å². The molecule has 8 nitrogen and oxygen atoms in total. The van der Waals surface area contributed by atoms with E-state index in [0.29, 0.717) is 52.1 Å². The molecule has 0 saturated carbocycles. The van der Waals surface area contributed by atoms with Gasteiger partial charge in [0, 0.05) is 12.0 Å². The molecule has 3 heterocycles. The SMILES string of the molecule is CCOc1ccc2nc(N3C(=O)C(=O)C(=C(O)c4ccc5c(c4)C[C@H](C)O5)[C@@H]3c3cccc(Oc4ccccc4)c3)sc2c1. The number of ether oxygens (including phenoxy) is 3. The Morgan fingerprint density at radius 1 is 0.977 bits per heavy atom. The number of aliphatic hydroxyl groups excluding tert-OH is 1. The summed E-state index contributed by atoms with van der Waals surface area (Å²) < 4.78 is 18.4. The summed E-state index contributed by atoms with van der Waals surface area (Å²) in [7, 11) is 0. The van der Waals surface area contributed by atoms with Crippen molar-refractivity contribution >= 4 is 44.1 Å². The maximum Gasteiger partial charge on any atom is 0.301 e. The summed E-state index contributed by atoms with van der Waals surface area (Å²) in [5.74, 6) is 0.784. The van der Waals surface area contributed by atoms with E-state index in [1.807, 2.05) is 74.5 Å². The predicted molar refractivity (Wildman–Crippen MR) is 169 cm³/mol. The Labute approximate surface area is 257 Å². The zero-order chi connectivity index (χ0) is 30.4. The monoisotopic (exact) mass is 604 g/mol. The van der Waals surface area contributed by atoms with Gasteiger partial charge in [-0.25, -0.2) is 4.98 Å². The Balaban J connectivity index is 1.37. The van der Waals surface area contributed by atoms with Crippen LogP contribution >= 0.6 is 11.3 Å². The number of carbonyl (C=O) groups excluding carboxylic acids is 2. The molecule has 1 amide bonds. The zero-order valence-corrected chi connectivity index (χ0v) is 24.8. The van der Waals surface area contributed by atoms with Gasteiger partial charge >= 0.3 is 5.91 Å². The molecule has 0 spiro atoms. The number of carbonyl (C=O) groups is 2. The first kappa shape index (κ1) is 27.7. The number of benzene rings is 4. The normalized spacial score (nSPS) is 18.8. The minimum Gasteiger partial charge on any atom is -0.507 e. The highest BCUT2D eigenvalue weighted by atomic mass is 32.1. The summed E-state index contributed by atoms with van der Waals surface area (Å²) in [6.45, 7) is 4.40. The molecule has 0 bridgehead atoms. The van der Waals surface area contributed by atoms with E-state index in [9.17, 15) is 14.7 Å². The molecule has 1 fully saturated rings. The highest BCUT2D eigenvalue weighted by Gasteiger charge is 2.48. The molecule has 2 aliphatic rings. The predicted octanol–water partition coefficient (Wildman–Crippen LogP) is 7.44. The molecule has 2 aliphatic heterocycles. The summed E-state index contributed by atoms with van der Waals surface area (Å²) in [6.07, 6.45) is 0.699. The second kappa shape index (κ2) is 11.2. The summed E-state index contributed by atoms with van der Waals surface area (Å²) in [4.78, 5) is 33.7. The zero-order valence-electron chi connectivity index (χ0n) is 24.0. The van der Waals surface area contributed by atoms with Gasteiger partial charge in [-0.15, -0.1) is 0 Å². The summed E-state index contributed by atoms with van der Waals surface area (Å²) >= 11 is 1.28. The van der Waals surface area contributed by atoms with E-state index >= 15 is 0 Å². The van der Waals surface area contributed by atoms with Crippen LogP contribution in [0, 0.1) is 0 Å². The number of aromatic nitrogens is 1. The number of hydrogen-bond acceptors (Lipinski definition) is 8. The Morgan fingerprint density at radius 2 is 1.80 bits per heavy atom. The number of fused-ring (bicyclic) bond motifs is 2. The maximum absolute atomic E-state index is 13.8. The van der Waals surface area contributed by atoms with Crippen LogP contribution in [0.5, 0.6) is 23.0 Å². The lowest BCUT2D eigenvalue weighted by molar-refractivity contribution is -0.132. The fourth-order valence-electron chi connectivity index (χ4n) is 5.70. The van der Waals surface area contributed by atoms with Gasteiger partial charge in [0.15, 0.2) is 5.13 Å². The first-order chi connectivity index (χ1) is 21.4. The number of para-hydroxylation sites is 1. The van der Waals surface area contributed by atoms with E-state index in [1.165, 1.54) is 16.2 Å². The molecule has 2 atom stereocenters. The molecule has 0 radical (unpaired) electrons. The van der Waals surface area contributed by atoms with E-state index in [2.05, 4.69) is 0 Å². The molecule has 9 heteroatoms. The molecular formula is C35H28N2O6S. The summed E-state index contributed by atoms with van der Waals surface area (Å²) in [5, 5.41) is 12.1. The van der Waals surface area contributed by atoms with Crippen LogP contribution < -0.4 is 19.1 Å². The van der Waals surface area contributed by atoms with Gasteiger partial charge in [0.2, 0.25) is 0 Å². The Hall–Kier alpha value is -5.15. The largest absolute Gasteiger partial charge is 0.507 e. The highest BCUT2D eigenvalue weighted by Crippen LogP contribution is 2.46. The smallest absolute Gasteiger partial charge is 0.301 e. The molecule has 7 rings (SSSR count). The van der Waals surface area contributed by atoms with E-state index in [0.717, 1.165) is 16.0 Å². The lowest BCUT2D eigenvalue weighted by Crippen LogP contribution is -2.29. The van der Waals surface area contributed by atoms with Gasteiger partial charge in [-0.1, -0.05) is 41.7 Å². The van der Waals surface area contributed by atoms with Gasteiger partial charge in [-0.2, -0.15) is 0 Å². The number of nitrogens with zero attached hydrogens (tertiary/aromatic N) is 2. The van der Waals surface area contributed by atoms with Crippen molar-refractivity contribution in [1.82, 2.24) is 4.98 Å². The van der Waals surface area contributed by atoms with Crippen molar-refractivity contribution in [2.75, 3.05) is 11.5 Å². The van der Waals surface area contributed by atoms with Crippen molar-refractivity contribution in [2.45, 2.75) is 32.4 Å². The summed E-state index contributed by atoms with van der Waals surface area (Å²) in [6, 6.07) is 26.4. The maximum atomic E-state index is 13.8. The number of ketones is 1. The van der Waals surface area contributed by atoms with Gasteiger partial charge in [0.1, 0.15) is 34.9 Å². The Bertz CT molecular complexity index is 1950. The first-order valence-corrected chi connectivity index (χ1v) is 15.2.